The lowest BCUT2D eigenvalue weighted by Gasteiger charge is -2.32. The Morgan fingerprint density at radius 1 is 1.05 bits per heavy atom. The number of carbonyl (C=O) groups is 1. The summed E-state index contributed by atoms with van der Waals surface area (Å²) in [4.78, 5) is 21.3. The number of pyridine rings is 2. The van der Waals surface area contributed by atoms with Gasteiger partial charge in [-0.1, -0.05) is 12.1 Å². The van der Waals surface area contributed by atoms with Crippen molar-refractivity contribution in [1.29, 1.82) is 0 Å². The number of nitrogens with two attached hydrogens (primary N) is 1. The zero-order valence-electron chi connectivity index (χ0n) is 19.9. The number of amides is 1. The first-order chi connectivity index (χ1) is 17.7. The summed E-state index contributed by atoms with van der Waals surface area (Å²) in [7, 11) is 0. The van der Waals surface area contributed by atoms with Crippen LogP contribution in [0.15, 0.2) is 61.1 Å². The molecule has 3 aromatic rings. The van der Waals surface area contributed by atoms with E-state index in [1.165, 1.54) is 30.6 Å². The van der Waals surface area contributed by atoms with Gasteiger partial charge in [0.15, 0.2) is 5.60 Å². The monoisotopic (exact) mass is 539 g/mol. The van der Waals surface area contributed by atoms with Crippen LogP contribution < -0.4 is 16.4 Å². The Hall–Kier alpha value is -4.13. The fourth-order valence-corrected chi connectivity index (χ4v) is 3.73. The van der Waals surface area contributed by atoms with Gasteiger partial charge in [-0.05, 0) is 60.7 Å². The van der Waals surface area contributed by atoms with E-state index in [0.717, 1.165) is 17.2 Å². The number of nitrogens with zero attached hydrogens (tertiary/aromatic N) is 2. The molecule has 1 amide bonds. The highest BCUT2D eigenvalue weighted by atomic mass is 19.4. The summed E-state index contributed by atoms with van der Waals surface area (Å²) in [5.41, 5.74) is 2.26. The number of alkyl halides is 6. The maximum Gasteiger partial charge on any atom is 0.421 e. The summed E-state index contributed by atoms with van der Waals surface area (Å²) in [5.74, 6) is -0.653. The molecule has 0 saturated carbocycles. The molecule has 38 heavy (non-hydrogen) atoms. The molecule has 0 aliphatic carbocycles. The van der Waals surface area contributed by atoms with Crippen LogP contribution >= 0.6 is 0 Å². The number of hydrogen-bond donors (Lipinski definition) is 4. The van der Waals surface area contributed by atoms with Crippen molar-refractivity contribution in [3.05, 3.63) is 89.0 Å². The van der Waals surface area contributed by atoms with E-state index >= 15 is 0 Å². The molecule has 7 nitrogen and oxygen atoms in total. The molecule has 0 fully saturated rings. The van der Waals surface area contributed by atoms with Crippen molar-refractivity contribution in [1.82, 2.24) is 9.97 Å². The van der Waals surface area contributed by atoms with Gasteiger partial charge in [-0.25, -0.2) is 4.98 Å². The average molecular weight is 539 g/mol. The smallest absolute Gasteiger partial charge is 0.405 e. The second-order valence-electron chi connectivity index (χ2n) is 8.27. The largest absolute Gasteiger partial charge is 0.421 e. The Kier molecular flexibility index (Phi) is 8.30. The molecule has 202 valence electrons. The van der Waals surface area contributed by atoms with Crippen LogP contribution in [0.4, 0.5) is 37.8 Å². The van der Waals surface area contributed by atoms with Crippen LogP contribution in [0.5, 0.6) is 0 Å². The van der Waals surface area contributed by atoms with E-state index in [9.17, 15) is 36.2 Å². The van der Waals surface area contributed by atoms with Crippen LogP contribution in [0.3, 0.4) is 0 Å². The quantitative estimate of drug-likeness (QED) is 0.290. The van der Waals surface area contributed by atoms with E-state index in [-0.39, 0.29) is 23.6 Å². The van der Waals surface area contributed by atoms with Gasteiger partial charge in [-0.3, -0.25) is 9.78 Å². The number of nitrogens with one attached hydrogen (secondary N) is 2. The molecule has 1 aromatic carbocycles. The summed E-state index contributed by atoms with van der Waals surface area (Å²) in [6, 6.07) is 8.14. The highest BCUT2D eigenvalue weighted by molar-refractivity contribution is 6.07. The lowest BCUT2D eigenvalue weighted by molar-refractivity contribution is -0.300. The van der Waals surface area contributed by atoms with Gasteiger partial charge in [-0.2, -0.15) is 26.3 Å². The Morgan fingerprint density at radius 3 is 2.45 bits per heavy atom. The number of hydrogen-bond acceptors (Lipinski definition) is 6. The Bertz CT molecular complexity index is 1330. The molecule has 0 aliphatic heterocycles. The van der Waals surface area contributed by atoms with Gasteiger partial charge in [0.2, 0.25) is 0 Å². The van der Waals surface area contributed by atoms with Gasteiger partial charge >= 0.3 is 12.4 Å². The summed E-state index contributed by atoms with van der Waals surface area (Å²) in [5, 5.41) is 15.4. The first-order valence-electron chi connectivity index (χ1n) is 11.0. The fraction of sp³-hybridized carbons (Fsp3) is 0.240. The maximum absolute atomic E-state index is 13.5. The molecule has 0 radical (unpaired) electrons. The lowest BCUT2D eigenvalue weighted by atomic mass is 9.89. The third kappa shape index (κ3) is 6.59. The van der Waals surface area contributed by atoms with Crippen molar-refractivity contribution >= 4 is 23.5 Å². The van der Waals surface area contributed by atoms with Crippen LogP contribution in [0.1, 0.15) is 39.2 Å². The van der Waals surface area contributed by atoms with E-state index < -0.39 is 35.8 Å². The minimum absolute atomic E-state index is 0.0148. The van der Waals surface area contributed by atoms with Crippen LogP contribution in [0.2, 0.25) is 0 Å². The van der Waals surface area contributed by atoms with Crippen molar-refractivity contribution in [2.45, 2.75) is 37.8 Å². The number of anilines is 2. The molecule has 0 bridgehead atoms. The van der Waals surface area contributed by atoms with E-state index in [1.807, 2.05) is 0 Å². The van der Waals surface area contributed by atoms with Gasteiger partial charge in [-0.15, -0.1) is 0 Å². The minimum Gasteiger partial charge on any atom is -0.405 e. The van der Waals surface area contributed by atoms with Gasteiger partial charge in [0.05, 0.1) is 12.0 Å². The SMILES string of the molecule is Cc1nccc(CNc2ncccc2C(=O)Nc2cccc(C(O)(CC(F)(F)F)C(F)(F)F)c2)c1/C=C\N. The molecule has 5 N–H and O–H groups in total. The second kappa shape index (κ2) is 11.1. The van der Waals surface area contributed by atoms with E-state index in [2.05, 4.69) is 20.6 Å². The molecule has 13 heteroatoms. The number of aliphatic hydroxyl groups is 1. The van der Waals surface area contributed by atoms with Crippen LogP contribution in [0, 0.1) is 6.92 Å². The number of aryl methyl sites for hydroxylation is 1. The third-order valence-electron chi connectivity index (χ3n) is 5.56. The maximum atomic E-state index is 13.5. The highest BCUT2D eigenvalue weighted by Crippen LogP contribution is 2.46. The topological polar surface area (TPSA) is 113 Å². The van der Waals surface area contributed by atoms with E-state index in [0.29, 0.717) is 17.8 Å². The van der Waals surface area contributed by atoms with Crippen LogP contribution in [-0.2, 0) is 12.1 Å². The Balaban J connectivity index is 1.86. The van der Waals surface area contributed by atoms with E-state index in [4.69, 9.17) is 5.73 Å². The molecule has 0 aliphatic rings. The molecule has 0 saturated heterocycles. The summed E-state index contributed by atoms with van der Waals surface area (Å²) < 4.78 is 79.1. The Labute approximate surface area is 213 Å². The van der Waals surface area contributed by atoms with Crippen molar-refractivity contribution in [3.63, 3.8) is 0 Å². The van der Waals surface area contributed by atoms with Gasteiger partial charge in [0, 0.05) is 35.9 Å². The number of rotatable bonds is 8. The van der Waals surface area contributed by atoms with Gasteiger partial charge < -0.3 is 21.5 Å². The summed E-state index contributed by atoms with van der Waals surface area (Å²) >= 11 is 0. The minimum atomic E-state index is -5.63. The first kappa shape index (κ1) is 28.4. The lowest BCUT2D eigenvalue weighted by Crippen LogP contribution is -2.45. The average Bonchev–Trinajstić information content (AvgIpc) is 2.83. The molecule has 1 unspecified atom stereocenters. The standard InChI is InChI=1S/C25H23F6N5O2/c1-15-19(7-9-32)16(8-11-33-15)13-35-21-20(6-3-10-34-21)22(37)36-18-5-2-4-17(12-18)23(38,25(29,30)31)14-24(26,27)28/h2-12,38H,13-14,32H2,1H3,(H,34,35)(H,36,37)/b9-7-. The zero-order valence-corrected chi connectivity index (χ0v) is 19.9. The van der Waals surface area contributed by atoms with E-state index in [1.54, 1.807) is 25.3 Å². The molecule has 2 aromatic heterocycles. The first-order valence-corrected chi connectivity index (χ1v) is 11.0. The molecular formula is C25H23F6N5O2. The number of benzene rings is 1. The number of halogens is 6. The Morgan fingerprint density at radius 2 is 1.79 bits per heavy atom. The predicted molar refractivity (Wildman–Crippen MR) is 129 cm³/mol. The van der Waals surface area contributed by atoms with Crippen molar-refractivity contribution < 1.29 is 36.2 Å². The zero-order chi connectivity index (χ0) is 28.1. The molecule has 1 atom stereocenters. The normalized spacial score (nSPS) is 13.8. The van der Waals surface area contributed by atoms with Crippen LogP contribution in [-0.4, -0.2) is 33.3 Å². The molecule has 0 spiro atoms. The van der Waals surface area contributed by atoms with Crippen molar-refractivity contribution in [3.8, 4) is 0 Å². The summed E-state index contributed by atoms with van der Waals surface area (Å²) in [6.45, 7) is 2.01. The third-order valence-corrected chi connectivity index (χ3v) is 5.56. The molecular weight excluding hydrogens is 516 g/mol. The van der Waals surface area contributed by atoms with Gasteiger partial charge in [0.25, 0.3) is 5.91 Å². The van der Waals surface area contributed by atoms with Gasteiger partial charge in [0.1, 0.15) is 5.82 Å². The predicted octanol–water partition coefficient (Wildman–Crippen LogP) is 5.28. The highest BCUT2D eigenvalue weighted by Gasteiger charge is 2.59. The summed E-state index contributed by atoms with van der Waals surface area (Å²) in [6.07, 6.45) is -7.46. The molecule has 3 rings (SSSR count). The molecule has 2 heterocycles. The van der Waals surface area contributed by atoms with Crippen molar-refractivity contribution in [2.75, 3.05) is 10.6 Å². The number of carbonyl (C=O) groups excluding carboxylic acids is 1. The van der Waals surface area contributed by atoms with Crippen LogP contribution in [0.25, 0.3) is 6.08 Å². The fourth-order valence-electron chi connectivity index (χ4n) is 3.73. The second-order valence-corrected chi connectivity index (χ2v) is 8.27. The van der Waals surface area contributed by atoms with Crippen molar-refractivity contribution in [2.24, 2.45) is 5.73 Å². The number of aromatic nitrogens is 2.